The van der Waals surface area contributed by atoms with Gasteiger partial charge in [0.25, 0.3) is 0 Å². The summed E-state index contributed by atoms with van der Waals surface area (Å²) in [6.07, 6.45) is 0.744. The minimum atomic E-state index is -0.142. The fraction of sp³-hybridized carbons (Fsp3) is 0.714. The molecule has 1 unspecified atom stereocenters. The molecule has 1 aliphatic rings. The average Bonchev–Trinajstić information content (AvgIpc) is 2.63. The molecule has 0 amide bonds. The number of hydrogen-bond donors (Lipinski definition) is 1. The highest BCUT2D eigenvalue weighted by molar-refractivity contribution is 7.03. The molecular formula is C7H11N3OS. The summed E-state index contributed by atoms with van der Waals surface area (Å²) in [5.74, 6) is 0. The zero-order valence-corrected chi connectivity index (χ0v) is 7.50. The van der Waals surface area contributed by atoms with Crippen LogP contribution in [0.15, 0.2) is 5.38 Å². The molecule has 1 aliphatic heterocycles. The summed E-state index contributed by atoms with van der Waals surface area (Å²) in [5, 5.41) is 15.2. The van der Waals surface area contributed by atoms with Gasteiger partial charge in [-0.25, -0.2) is 0 Å². The van der Waals surface area contributed by atoms with E-state index in [0.717, 1.165) is 31.7 Å². The normalized spacial score (nSPS) is 24.9. The van der Waals surface area contributed by atoms with Crippen molar-refractivity contribution in [1.82, 2.24) is 14.5 Å². The van der Waals surface area contributed by atoms with Crippen molar-refractivity contribution in [3.05, 3.63) is 11.1 Å². The number of aliphatic hydroxyl groups excluding tert-OH is 1. The number of β-amino-alcohol motifs (C(OH)–C–C–N with tert-alkyl or cyclic N) is 1. The van der Waals surface area contributed by atoms with Crippen LogP contribution >= 0.6 is 11.5 Å². The van der Waals surface area contributed by atoms with Crippen LogP contribution < -0.4 is 0 Å². The second kappa shape index (κ2) is 3.47. The van der Waals surface area contributed by atoms with E-state index in [2.05, 4.69) is 14.5 Å². The maximum Gasteiger partial charge on any atom is 0.0895 e. The van der Waals surface area contributed by atoms with Gasteiger partial charge in [0.1, 0.15) is 0 Å². The number of likely N-dealkylation sites (tertiary alicyclic amines) is 1. The van der Waals surface area contributed by atoms with Crippen molar-refractivity contribution in [2.24, 2.45) is 0 Å². The molecule has 0 aliphatic carbocycles. The van der Waals surface area contributed by atoms with Gasteiger partial charge in [-0.2, -0.15) is 0 Å². The van der Waals surface area contributed by atoms with Crippen molar-refractivity contribution in [3.63, 3.8) is 0 Å². The van der Waals surface area contributed by atoms with E-state index in [-0.39, 0.29) is 6.10 Å². The Hall–Kier alpha value is -0.520. The molecule has 1 aromatic rings. The summed E-state index contributed by atoms with van der Waals surface area (Å²) in [4.78, 5) is 2.20. The molecule has 1 N–H and O–H groups in total. The highest BCUT2D eigenvalue weighted by atomic mass is 32.1. The van der Waals surface area contributed by atoms with E-state index in [4.69, 9.17) is 0 Å². The molecule has 2 heterocycles. The Morgan fingerprint density at radius 1 is 1.75 bits per heavy atom. The summed E-state index contributed by atoms with van der Waals surface area (Å²) in [6, 6.07) is 0. The molecule has 5 heteroatoms. The Kier molecular flexibility index (Phi) is 2.34. The lowest BCUT2D eigenvalue weighted by Gasteiger charge is -2.11. The molecule has 0 aromatic carbocycles. The second-order valence-electron chi connectivity index (χ2n) is 3.07. The lowest BCUT2D eigenvalue weighted by Crippen LogP contribution is -2.21. The van der Waals surface area contributed by atoms with Crippen LogP contribution in [0.5, 0.6) is 0 Å². The van der Waals surface area contributed by atoms with Gasteiger partial charge in [-0.3, -0.25) is 4.90 Å². The number of rotatable bonds is 2. The largest absolute Gasteiger partial charge is 0.392 e. The van der Waals surface area contributed by atoms with Crippen molar-refractivity contribution in [2.45, 2.75) is 19.1 Å². The van der Waals surface area contributed by atoms with Crippen molar-refractivity contribution in [1.29, 1.82) is 0 Å². The van der Waals surface area contributed by atoms with E-state index in [0.29, 0.717) is 0 Å². The molecule has 2 rings (SSSR count). The Bertz CT molecular complexity index is 239. The lowest BCUT2D eigenvalue weighted by molar-refractivity contribution is 0.174. The summed E-state index contributed by atoms with van der Waals surface area (Å²) < 4.78 is 3.79. The lowest BCUT2D eigenvalue weighted by atomic mass is 10.3. The average molecular weight is 185 g/mol. The van der Waals surface area contributed by atoms with Crippen LogP contribution in [0.25, 0.3) is 0 Å². The zero-order valence-electron chi connectivity index (χ0n) is 6.68. The van der Waals surface area contributed by atoms with Gasteiger partial charge in [0.15, 0.2) is 0 Å². The van der Waals surface area contributed by atoms with E-state index < -0.39 is 0 Å². The first-order valence-electron chi connectivity index (χ1n) is 4.01. The quantitative estimate of drug-likeness (QED) is 0.710. The van der Waals surface area contributed by atoms with E-state index in [1.807, 2.05) is 5.38 Å². The van der Waals surface area contributed by atoms with Crippen molar-refractivity contribution in [3.8, 4) is 0 Å². The highest BCUT2D eigenvalue weighted by Gasteiger charge is 2.20. The maximum absolute atomic E-state index is 9.25. The van der Waals surface area contributed by atoms with Gasteiger partial charge < -0.3 is 5.11 Å². The molecule has 12 heavy (non-hydrogen) atoms. The highest BCUT2D eigenvalue weighted by Crippen LogP contribution is 2.12. The molecule has 1 atom stereocenters. The smallest absolute Gasteiger partial charge is 0.0895 e. The van der Waals surface area contributed by atoms with Crippen LogP contribution in [0.1, 0.15) is 12.1 Å². The van der Waals surface area contributed by atoms with Gasteiger partial charge in [0.2, 0.25) is 0 Å². The molecule has 0 bridgehead atoms. The Morgan fingerprint density at radius 2 is 2.67 bits per heavy atom. The molecular weight excluding hydrogens is 174 g/mol. The Morgan fingerprint density at radius 3 is 3.25 bits per heavy atom. The van der Waals surface area contributed by atoms with E-state index in [9.17, 15) is 5.11 Å². The monoisotopic (exact) mass is 185 g/mol. The van der Waals surface area contributed by atoms with Gasteiger partial charge in [0, 0.05) is 25.0 Å². The molecule has 1 aromatic heterocycles. The van der Waals surface area contributed by atoms with Crippen LogP contribution in [-0.4, -0.2) is 38.8 Å². The second-order valence-corrected chi connectivity index (χ2v) is 3.68. The first kappa shape index (κ1) is 8.10. The summed E-state index contributed by atoms with van der Waals surface area (Å²) in [7, 11) is 0. The molecule has 1 saturated heterocycles. The Balaban J connectivity index is 1.88. The SMILES string of the molecule is OC1CCN(Cc2csnn2)C1. The number of hydrogen-bond acceptors (Lipinski definition) is 5. The van der Waals surface area contributed by atoms with Gasteiger partial charge in [-0.15, -0.1) is 5.10 Å². The van der Waals surface area contributed by atoms with Gasteiger partial charge in [0.05, 0.1) is 11.8 Å². The van der Waals surface area contributed by atoms with E-state index >= 15 is 0 Å². The van der Waals surface area contributed by atoms with Gasteiger partial charge in [-0.1, -0.05) is 4.49 Å². The number of aliphatic hydroxyl groups is 1. The van der Waals surface area contributed by atoms with E-state index in [1.165, 1.54) is 11.5 Å². The zero-order chi connectivity index (χ0) is 8.39. The first-order valence-corrected chi connectivity index (χ1v) is 4.84. The predicted octanol–water partition coefficient (Wildman–Crippen LogP) is 0.105. The topological polar surface area (TPSA) is 49.2 Å². The predicted molar refractivity (Wildman–Crippen MR) is 45.8 cm³/mol. The third kappa shape index (κ3) is 1.80. The van der Waals surface area contributed by atoms with Crippen LogP contribution in [0.4, 0.5) is 0 Å². The molecule has 4 nitrogen and oxygen atoms in total. The fourth-order valence-electron chi connectivity index (χ4n) is 1.44. The van der Waals surface area contributed by atoms with E-state index in [1.54, 1.807) is 0 Å². The summed E-state index contributed by atoms with van der Waals surface area (Å²) in [5.41, 5.74) is 1.01. The number of nitrogens with zero attached hydrogens (tertiary/aromatic N) is 3. The molecule has 0 saturated carbocycles. The van der Waals surface area contributed by atoms with Crippen molar-refractivity contribution < 1.29 is 5.11 Å². The van der Waals surface area contributed by atoms with Crippen molar-refractivity contribution in [2.75, 3.05) is 13.1 Å². The summed E-state index contributed by atoms with van der Waals surface area (Å²) in [6.45, 7) is 2.57. The van der Waals surface area contributed by atoms with Crippen LogP contribution in [0.3, 0.4) is 0 Å². The van der Waals surface area contributed by atoms with Crippen LogP contribution in [0, 0.1) is 0 Å². The fourth-order valence-corrected chi connectivity index (χ4v) is 1.88. The van der Waals surface area contributed by atoms with Crippen LogP contribution in [-0.2, 0) is 6.54 Å². The number of aromatic nitrogens is 2. The molecule has 0 spiro atoms. The third-order valence-electron chi connectivity index (χ3n) is 2.04. The third-order valence-corrected chi connectivity index (χ3v) is 2.59. The first-order chi connectivity index (χ1) is 5.84. The van der Waals surface area contributed by atoms with Crippen LogP contribution in [0.2, 0.25) is 0 Å². The van der Waals surface area contributed by atoms with Crippen molar-refractivity contribution >= 4 is 11.5 Å². The maximum atomic E-state index is 9.25. The minimum absolute atomic E-state index is 0.142. The minimum Gasteiger partial charge on any atom is -0.392 e. The van der Waals surface area contributed by atoms with Gasteiger partial charge in [-0.05, 0) is 18.0 Å². The standard InChI is InChI=1S/C7H11N3OS/c11-7-1-2-10(4-7)3-6-5-12-9-8-6/h5,7,11H,1-4H2. The van der Waals surface area contributed by atoms with Gasteiger partial charge >= 0.3 is 0 Å². The molecule has 1 fully saturated rings. The molecule has 0 radical (unpaired) electrons. The molecule has 66 valence electrons. The Labute approximate surface area is 75.0 Å². The summed E-state index contributed by atoms with van der Waals surface area (Å²) >= 11 is 1.37.